The topological polar surface area (TPSA) is 95.4 Å². The number of piperidine rings is 1. The maximum atomic E-state index is 12.2. The number of fused-ring (bicyclic) bond motifs is 1. The van der Waals surface area contributed by atoms with Gasteiger partial charge in [0, 0.05) is 36.0 Å². The molecule has 29 heavy (non-hydrogen) atoms. The summed E-state index contributed by atoms with van der Waals surface area (Å²) in [5.41, 5.74) is 0.983. The second-order valence-corrected chi connectivity index (χ2v) is 8.28. The van der Waals surface area contributed by atoms with Gasteiger partial charge < -0.3 is 20.3 Å². The van der Waals surface area contributed by atoms with Gasteiger partial charge in [-0.3, -0.25) is 14.9 Å². The monoisotopic (exact) mass is 414 g/mol. The molecule has 154 valence electrons. The molecule has 1 aliphatic heterocycles. The highest BCUT2D eigenvalue weighted by atomic mass is 32.1. The van der Waals surface area contributed by atoms with Crippen molar-refractivity contribution >= 4 is 39.9 Å². The third kappa shape index (κ3) is 4.22. The van der Waals surface area contributed by atoms with Crippen molar-refractivity contribution in [1.29, 1.82) is 0 Å². The second kappa shape index (κ2) is 8.41. The van der Waals surface area contributed by atoms with Gasteiger partial charge in [-0.2, -0.15) is 0 Å². The van der Waals surface area contributed by atoms with Crippen LogP contribution in [0, 0.1) is 0 Å². The summed E-state index contributed by atoms with van der Waals surface area (Å²) in [4.78, 5) is 23.6. The molecule has 0 radical (unpaired) electrons. The van der Waals surface area contributed by atoms with Crippen LogP contribution in [0.1, 0.15) is 56.6 Å². The first kappa shape index (κ1) is 19.7. The zero-order valence-electron chi connectivity index (χ0n) is 16.2. The largest absolute Gasteiger partial charge is 0.494 e. The molecule has 1 aromatic carbocycles. The molecule has 0 bridgehead atoms. The molecule has 2 fully saturated rings. The van der Waals surface area contributed by atoms with Crippen molar-refractivity contribution in [3.8, 4) is 5.88 Å². The summed E-state index contributed by atoms with van der Waals surface area (Å²) in [5.74, 6) is -0.611. The van der Waals surface area contributed by atoms with Gasteiger partial charge in [0.05, 0.1) is 0 Å². The van der Waals surface area contributed by atoms with Gasteiger partial charge in [-0.1, -0.05) is 31.4 Å². The van der Waals surface area contributed by atoms with Gasteiger partial charge in [0.1, 0.15) is 6.04 Å². The van der Waals surface area contributed by atoms with Crippen LogP contribution in [0.25, 0.3) is 10.8 Å². The highest BCUT2D eigenvalue weighted by Crippen LogP contribution is 2.34. The maximum absolute atomic E-state index is 12.2. The van der Waals surface area contributed by atoms with E-state index in [0.29, 0.717) is 29.5 Å². The van der Waals surface area contributed by atoms with Gasteiger partial charge in [0.25, 0.3) is 0 Å². The molecule has 0 spiro atoms. The van der Waals surface area contributed by atoms with Crippen molar-refractivity contribution in [3.63, 3.8) is 0 Å². The van der Waals surface area contributed by atoms with E-state index in [2.05, 4.69) is 16.0 Å². The van der Waals surface area contributed by atoms with Crippen LogP contribution in [-0.2, 0) is 16.1 Å². The van der Waals surface area contributed by atoms with E-state index in [1.54, 1.807) is 10.8 Å². The Labute approximate surface area is 174 Å². The van der Waals surface area contributed by atoms with Crippen LogP contribution in [0.3, 0.4) is 0 Å². The summed E-state index contributed by atoms with van der Waals surface area (Å²) in [5, 5.41) is 21.9. The summed E-state index contributed by atoms with van der Waals surface area (Å²) in [6.45, 7) is 0.523. The van der Waals surface area contributed by atoms with Crippen molar-refractivity contribution in [1.82, 2.24) is 20.5 Å². The molecule has 1 aliphatic carbocycles. The van der Waals surface area contributed by atoms with Crippen molar-refractivity contribution in [3.05, 3.63) is 30.0 Å². The molecule has 1 aromatic heterocycles. The molecular formula is C21H26N4O3S. The summed E-state index contributed by atoms with van der Waals surface area (Å²) >= 11 is 5.45. The molecule has 1 saturated carbocycles. The third-order valence-corrected chi connectivity index (χ3v) is 6.14. The molecule has 1 unspecified atom stereocenters. The number of carbonyl (C=O) groups is 2. The molecule has 8 heteroatoms. The minimum atomic E-state index is -0.588. The summed E-state index contributed by atoms with van der Waals surface area (Å²) in [6.07, 6.45) is 8.52. The maximum Gasteiger partial charge on any atom is 0.249 e. The van der Waals surface area contributed by atoms with E-state index in [1.807, 2.05) is 18.2 Å². The lowest BCUT2D eigenvalue weighted by atomic mass is 9.96. The number of nitrogens with zero attached hydrogens (tertiary/aromatic N) is 1. The van der Waals surface area contributed by atoms with Gasteiger partial charge in [0.15, 0.2) is 11.0 Å². The Kier molecular flexibility index (Phi) is 5.71. The summed E-state index contributed by atoms with van der Waals surface area (Å²) in [6, 6.07) is 5.54. The number of hydrogen-bond acceptors (Lipinski definition) is 4. The number of aromatic nitrogens is 1. The number of nitrogens with one attached hydrogen (secondary N) is 3. The molecule has 2 heterocycles. The van der Waals surface area contributed by atoms with E-state index in [0.717, 1.165) is 23.8 Å². The van der Waals surface area contributed by atoms with Gasteiger partial charge >= 0.3 is 0 Å². The van der Waals surface area contributed by atoms with Gasteiger partial charge in [-0.25, -0.2) is 0 Å². The Morgan fingerprint density at radius 2 is 1.97 bits per heavy atom. The van der Waals surface area contributed by atoms with E-state index in [9.17, 15) is 14.7 Å². The standard InChI is InChI=1S/C21H26N4O3S/c26-18-10-9-17(19(27)24-18)25-12-16-13(5-4-8-15(16)20(25)28)11-22-21(29)23-14-6-2-1-3-7-14/h4-5,8,12,14,17,28H,1-3,6-7,9-11H2,(H2,22,23,29)(H,24,26,27). The molecule has 2 amide bonds. The van der Waals surface area contributed by atoms with E-state index in [1.165, 1.54) is 19.3 Å². The number of amides is 2. The number of hydrogen-bond donors (Lipinski definition) is 4. The van der Waals surface area contributed by atoms with Crippen molar-refractivity contribution in [2.24, 2.45) is 0 Å². The first-order chi connectivity index (χ1) is 14.0. The number of aromatic hydroxyl groups is 1. The number of imide groups is 1. The molecule has 1 atom stereocenters. The molecule has 4 N–H and O–H groups in total. The molecule has 2 aliphatic rings. The highest BCUT2D eigenvalue weighted by Gasteiger charge is 2.30. The zero-order valence-corrected chi connectivity index (χ0v) is 17.1. The first-order valence-corrected chi connectivity index (χ1v) is 10.6. The van der Waals surface area contributed by atoms with Crippen molar-refractivity contribution in [2.75, 3.05) is 0 Å². The Balaban J connectivity index is 1.49. The Morgan fingerprint density at radius 1 is 1.17 bits per heavy atom. The minimum Gasteiger partial charge on any atom is -0.494 e. The highest BCUT2D eigenvalue weighted by molar-refractivity contribution is 7.80. The predicted molar refractivity (Wildman–Crippen MR) is 114 cm³/mol. The Hall–Kier alpha value is -2.61. The van der Waals surface area contributed by atoms with Crippen LogP contribution in [0.2, 0.25) is 0 Å². The Bertz CT molecular complexity index is 949. The number of benzene rings is 1. The smallest absolute Gasteiger partial charge is 0.249 e. The van der Waals surface area contributed by atoms with Gasteiger partial charge in [-0.15, -0.1) is 0 Å². The first-order valence-electron chi connectivity index (χ1n) is 10.2. The average molecular weight is 415 g/mol. The zero-order chi connectivity index (χ0) is 20.4. The summed E-state index contributed by atoms with van der Waals surface area (Å²) in [7, 11) is 0. The minimum absolute atomic E-state index is 0.0410. The molecule has 1 saturated heterocycles. The van der Waals surface area contributed by atoms with Crippen molar-refractivity contribution in [2.45, 2.75) is 63.6 Å². The van der Waals surface area contributed by atoms with Crippen LogP contribution in [0.4, 0.5) is 0 Å². The number of rotatable bonds is 4. The fourth-order valence-electron chi connectivity index (χ4n) is 4.30. The lowest BCUT2D eigenvalue weighted by Crippen LogP contribution is -2.42. The SMILES string of the molecule is O=C1CCC(n2cc3c(CNC(=S)NC4CCCCC4)cccc3c2O)C(=O)N1. The molecule has 7 nitrogen and oxygen atoms in total. The van der Waals surface area contributed by atoms with Crippen molar-refractivity contribution < 1.29 is 14.7 Å². The normalized spacial score (nSPS) is 20.5. The lowest BCUT2D eigenvalue weighted by molar-refractivity contribution is -0.135. The summed E-state index contributed by atoms with van der Waals surface area (Å²) < 4.78 is 1.56. The fourth-order valence-corrected chi connectivity index (χ4v) is 4.54. The quantitative estimate of drug-likeness (QED) is 0.454. The molecule has 2 aromatic rings. The average Bonchev–Trinajstić information content (AvgIpc) is 3.04. The second-order valence-electron chi connectivity index (χ2n) is 7.87. The lowest BCUT2D eigenvalue weighted by Gasteiger charge is -2.24. The fraction of sp³-hybridized carbons (Fsp3) is 0.476. The van der Waals surface area contributed by atoms with Crippen LogP contribution >= 0.6 is 12.2 Å². The van der Waals surface area contributed by atoms with E-state index in [-0.39, 0.29) is 24.1 Å². The number of carbonyl (C=O) groups excluding carboxylic acids is 2. The van der Waals surface area contributed by atoms with Gasteiger partial charge in [-0.05, 0) is 43.1 Å². The van der Waals surface area contributed by atoms with E-state index < -0.39 is 6.04 Å². The third-order valence-electron chi connectivity index (χ3n) is 5.88. The van der Waals surface area contributed by atoms with Crippen LogP contribution in [-0.4, -0.2) is 32.6 Å². The molecule has 4 rings (SSSR count). The van der Waals surface area contributed by atoms with Gasteiger partial charge in [0.2, 0.25) is 11.8 Å². The predicted octanol–water partition coefficient (Wildman–Crippen LogP) is 2.62. The van der Waals surface area contributed by atoms with E-state index >= 15 is 0 Å². The van der Waals surface area contributed by atoms with Crippen LogP contribution in [0.5, 0.6) is 5.88 Å². The Morgan fingerprint density at radius 3 is 2.72 bits per heavy atom. The van der Waals surface area contributed by atoms with E-state index in [4.69, 9.17) is 12.2 Å². The molecular weight excluding hydrogens is 388 g/mol. The van der Waals surface area contributed by atoms with Crippen LogP contribution < -0.4 is 16.0 Å². The number of thiocarbonyl (C=S) groups is 1. The van der Waals surface area contributed by atoms with Crippen LogP contribution in [0.15, 0.2) is 24.4 Å².